The van der Waals surface area contributed by atoms with Crippen LogP contribution in [0.15, 0.2) is 24.3 Å². The first kappa shape index (κ1) is 15.0. The summed E-state index contributed by atoms with van der Waals surface area (Å²) < 4.78 is 0. The van der Waals surface area contributed by atoms with Crippen LogP contribution in [0.25, 0.3) is 0 Å². The lowest BCUT2D eigenvalue weighted by atomic mass is 10.1. The summed E-state index contributed by atoms with van der Waals surface area (Å²) in [5.41, 5.74) is 7.89. The molecule has 0 fully saturated rings. The van der Waals surface area contributed by atoms with E-state index in [1.165, 1.54) is 5.56 Å². The van der Waals surface area contributed by atoms with E-state index in [9.17, 15) is 0 Å². The molecule has 1 aromatic rings. The summed E-state index contributed by atoms with van der Waals surface area (Å²) >= 11 is 0. The van der Waals surface area contributed by atoms with Crippen molar-refractivity contribution in [3.05, 3.63) is 29.8 Å². The lowest BCUT2D eigenvalue weighted by Crippen LogP contribution is -2.33. The molecule has 0 unspecified atom stereocenters. The molecule has 0 atom stereocenters. The van der Waals surface area contributed by atoms with Gasteiger partial charge in [-0.25, -0.2) is 0 Å². The van der Waals surface area contributed by atoms with Crippen molar-refractivity contribution < 1.29 is 0 Å². The maximum atomic E-state index is 5.72. The number of rotatable bonds is 7. The monoisotopic (exact) mass is 249 g/mol. The Bertz CT molecular complexity index is 330. The molecule has 0 aliphatic rings. The predicted octanol–water partition coefficient (Wildman–Crippen LogP) is 2.29. The molecule has 1 aromatic carbocycles. The zero-order valence-electron chi connectivity index (χ0n) is 12.2. The van der Waals surface area contributed by atoms with Crippen LogP contribution in [0.2, 0.25) is 0 Å². The molecule has 0 saturated heterocycles. The second-order valence-electron chi connectivity index (χ2n) is 5.67. The molecule has 0 bridgehead atoms. The summed E-state index contributed by atoms with van der Waals surface area (Å²) in [4.78, 5) is 4.74. The van der Waals surface area contributed by atoms with Crippen molar-refractivity contribution in [2.24, 2.45) is 5.92 Å². The van der Waals surface area contributed by atoms with Gasteiger partial charge in [0.2, 0.25) is 0 Å². The minimum atomic E-state index is 0.695. The van der Waals surface area contributed by atoms with Gasteiger partial charge in [0, 0.05) is 31.9 Å². The number of nitrogens with zero attached hydrogens (tertiary/aromatic N) is 2. The highest BCUT2D eigenvalue weighted by Gasteiger charge is 2.08. The Morgan fingerprint density at radius 3 is 2.17 bits per heavy atom. The molecule has 3 heteroatoms. The average Bonchev–Trinajstić information content (AvgIpc) is 2.28. The molecule has 0 saturated carbocycles. The molecule has 18 heavy (non-hydrogen) atoms. The van der Waals surface area contributed by atoms with E-state index in [-0.39, 0.29) is 0 Å². The van der Waals surface area contributed by atoms with E-state index in [0.717, 1.165) is 31.9 Å². The zero-order chi connectivity index (χ0) is 13.5. The minimum Gasteiger partial charge on any atom is -0.399 e. The molecule has 0 aliphatic heterocycles. The van der Waals surface area contributed by atoms with Crippen LogP contribution in [-0.2, 0) is 6.54 Å². The number of benzene rings is 1. The van der Waals surface area contributed by atoms with E-state index >= 15 is 0 Å². The van der Waals surface area contributed by atoms with Crippen molar-refractivity contribution in [3.8, 4) is 0 Å². The molecule has 3 nitrogen and oxygen atoms in total. The number of likely N-dealkylation sites (N-methyl/N-ethyl adjacent to an activating group) is 1. The van der Waals surface area contributed by atoms with Crippen LogP contribution >= 0.6 is 0 Å². The summed E-state index contributed by atoms with van der Waals surface area (Å²) in [6, 6.07) is 8.21. The highest BCUT2D eigenvalue weighted by Crippen LogP contribution is 2.10. The summed E-state index contributed by atoms with van der Waals surface area (Å²) in [5, 5.41) is 0. The second-order valence-corrected chi connectivity index (χ2v) is 5.67. The highest BCUT2D eigenvalue weighted by molar-refractivity contribution is 5.39. The van der Waals surface area contributed by atoms with Gasteiger partial charge >= 0.3 is 0 Å². The molecular formula is C15H27N3. The van der Waals surface area contributed by atoms with Crippen molar-refractivity contribution in [1.82, 2.24) is 9.80 Å². The van der Waals surface area contributed by atoms with Crippen LogP contribution in [0.4, 0.5) is 5.69 Å². The number of nitrogens with two attached hydrogens (primary N) is 1. The molecule has 102 valence electrons. The van der Waals surface area contributed by atoms with Crippen LogP contribution < -0.4 is 5.73 Å². The molecule has 0 aromatic heterocycles. The van der Waals surface area contributed by atoms with E-state index in [1.54, 1.807) is 0 Å². The van der Waals surface area contributed by atoms with Crippen LogP contribution in [0.3, 0.4) is 0 Å². The first-order valence-electron chi connectivity index (χ1n) is 6.69. The molecule has 0 amide bonds. The van der Waals surface area contributed by atoms with Gasteiger partial charge in [-0.15, -0.1) is 0 Å². The first-order valence-corrected chi connectivity index (χ1v) is 6.69. The van der Waals surface area contributed by atoms with Crippen LogP contribution in [0.1, 0.15) is 19.4 Å². The van der Waals surface area contributed by atoms with Gasteiger partial charge in [-0.3, -0.25) is 4.90 Å². The molecule has 0 radical (unpaired) electrons. The average molecular weight is 249 g/mol. The smallest absolute Gasteiger partial charge is 0.0314 e. The van der Waals surface area contributed by atoms with E-state index in [1.807, 2.05) is 12.1 Å². The largest absolute Gasteiger partial charge is 0.399 e. The topological polar surface area (TPSA) is 32.5 Å². The van der Waals surface area contributed by atoms with Gasteiger partial charge in [0.05, 0.1) is 0 Å². The van der Waals surface area contributed by atoms with E-state index in [4.69, 9.17) is 5.73 Å². The van der Waals surface area contributed by atoms with Gasteiger partial charge in [-0.1, -0.05) is 26.0 Å². The zero-order valence-corrected chi connectivity index (χ0v) is 12.2. The third kappa shape index (κ3) is 6.03. The van der Waals surface area contributed by atoms with Crippen molar-refractivity contribution in [2.45, 2.75) is 20.4 Å². The van der Waals surface area contributed by atoms with Crippen molar-refractivity contribution in [1.29, 1.82) is 0 Å². The van der Waals surface area contributed by atoms with Crippen LogP contribution in [0.5, 0.6) is 0 Å². The fraction of sp³-hybridized carbons (Fsp3) is 0.600. The maximum Gasteiger partial charge on any atom is 0.0314 e. The van der Waals surface area contributed by atoms with Gasteiger partial charge in [0.25, 0.3) is 0 Å². The molecule has 0 spiro atoms. The van der Waals surface area contributed by atoms with Crippen molar-refractivity contribution in [3.63, 3.8) is 0 Å². The van der Waals surface area contributed by atoms with Gasteiger partial charge in [0.1, 0.15) is 0 Å². The Morgan fingerprint density at radius 2 is 1.67 bits per heavy atom. The molecular weight excluding hydrogens is 222 g/mol. The number of anilines is 1. The van der Waals surface area contributed by atoms with Gasteiger partial charge in [-0.05, 0) is 37.7 Å². The van der Waals surface area contributed by atoms with Gasteiger partial charge in [0.15, 0.2) is 0 Å². The van der Waals surface area contributed by atoms with Crippen LogP contribution in [-0.4, -0.2) is 43.5 Å². The lowest BCUT2D eigenvalue weighted by molar-refractivity contribution is 0.212. The summed E-state index contributed by atoms with van der Waals surface area (Å²) in [6.07, 6.45) is 0. The number of nitrogen functional groups attached to an aromatic ring is 1. The third-order valence-corrected chi connectivity index (χ3v) is 2.87. The van der Waals surface area contributed by atoms with Crippen molar-refractivity contribution >= 4 is 5.69 Å². The molecule has 2 N–H and O–H groups in total. The third-order valence-electron chi connectivity index (χ3n) is 2.87. The maximum absolute atomic E-state index is 5.72. The SMILES string of the molecule is CC(C)CN(CCN(C)C)Cc1ccc(N)cc1. The Labute approximate surface area is 112 Å². The number of hydrogen-bond donors (Lipinski definition) is 1. The molecule has 0 aliphatic carbocycles. The van der Waals surface area contributed by atoms with E-state index in [2.05, 4.69) is 49.9 Å². The first-order chi connectivity index (χ1) is 8.47. The fourth-order valence-electron chi connectivity index (χ4n) is 1.97. The van der Waals surface area contributed by atoms with Crippen LogP contribution in [0, 0.1) is 5.92 Å². The Hall–Kier alpha value is -1.06. The summed E-state index contributed by atoms with van der Waals surface area (Å²) in [5.74, 6) is 0.695. The standard InChI is InChI=1S/C15H27N3/c1-13(2)11-18(10-9-17(3)4)12-14-5-7-15(16)8-6-14/h5-8,13H,9-12,16H2,1-4H3. The van der Waals surface area contributed by atoms with Gasteiger partial charge < -0.3 is 10.6 Å². The minimum absolute atomic E-state index is 0.695. The quantitative estimate of drug-likeness (QED) is 0.753. The molecule has 1 rings (SSSR count). The Morgan fingerprint density at radius 1 is 1.06 bits per heavy atom. The fourth-order valence-corrected chi connectivity index (χ4v) is 1.97. The lowest BCUT2D eigenvalue weighted by Gasteiger charge is -2.26. The highest BCUT2D eigenvalue weighted by atomic mass is 15.2. The second kappa shape index (κ2) is 7.39. The normalized spacial score (nSPS) is 11.7. The summed E-state index contributed by atoms with van der Waals surface area (Å²) in [6.45, 7) is 8.89. The van der Waals surface area contributed by atoms with E-state index < -0.39 is 0 Å². The molecule has 0 heterocycles. The Balaban J connectivity index is 2.56. The van der Waals surface area contributed by atoms with Crippen molar-refractivity contribution in [2.75, 3.05) is 39.5 Å². The van der Waals surface area contributed by atoms with E-state index in [0.29, 0.717) is 5.92 Å². The summed E-state index contributed by atoms with van der Waals surface area (Å²) in [7, 11) is 4.24. The van der Waals surface area contributed by atoms with Gasteiger partial charge in [-0.2, -0.15) is 0 Å². The predicted molar refractivity (Wildman–Crippen MR) is 79.5 cm³/mol. The number of hydrogen-bond acceptors (Lipinski definition) is 3. The Kier molecular flexibility index (Phi) is 6.16.